The fourth-order valence-electron chi connectivity index (χ4n) is 2.92. The molecule has 1 rings (SSSR count). The zero-order valence-electron chi connectivity index (χ0n) is 14.4. The average Bonchev–Trinajstić information content (AvgIpc) is 2.40. The van der Waals surface area contributed by atoms with E-state index in [1.807, 2.05) is 34.6 Å². The molecule has 1 aromatic rings. The average molecular weight is 322 g/mol. The lowest BCUT2D eigenvalue weighted by atomic mass is 9.78. The zero-order valence-corrected chi connectivity index (χ0v) is 14.4. The lowest BCUT2D eigenvalue weighted by Gasteiger charge is -2.25. The molecule has 5 nitrogen and oxygen atoms in total. The molecule has 0 saturated carbocycles. The van der Waals surface area contributed by atoms with Gasteiger partial charge in [0.1, 0.15) is 5.75 Å². The summed E-state index contributed by atoms with van der Waals surface area (Å²) < 4.78 is 5.47. The fraction of sp³-hybridized carbons (Fsp3) is 0.556. The Kier molecular flexibility index (Phi) is 6.61. The number of carboxylic acid groups (broad SMARTS) is 2. The third-order valence-corrected chi connectivity index (χ3v) is 3.90. The van der Waals surface area contributed by atoms with Crippen LogP contribution < -0.4 is 4.74 Å². The minimum absolute atomic E-state index is 0.147. The molecule has 2 N–H and O–H groups in total. The topological polar surface area (TPSA) is 83.8 Å². The summed E-state index contributed by atoms with van der Waals surface area (Å²) in [7, 11) is 0. The summed E-state index contributed by atoms with van der Waals surface area (Å²) in [5.41, 5.74) is 1.08. The van der Waals surface area contributed by atoms with Gasteiger partial charge in [0.05, 0.1) is 18.4 Å². The highest BCUT2D eigenvalue weighted by Crippen LogP contribution is 2.37. The lowest BCUT2D eigenvalue weighted by Crippen LogP contribution is -2.24. The molecule has 0 aromatic heterocycles. The predicted octanol–water partition coefficient (Wildman–Crippen LogP) is 3.73. The molecule has 128 valence electrons. The Hall–Kier alpha value is -2.04. The number of aliphatic carboxylic acids is 2. The summed E-state index contributed by atoms with van der Waals surface area (Å²) in [5.74, 6) is -3.17. The summed E-state index contributed by atoms with van der Waals surface area (Å²) in [6, 6.07) is 5.08. The van der Waals surface area contributed by atoms with Crippen molar-refractivity contribution in [1.82, 2.24) is 0 Å². The van der Waals surface area contributed by atoms with E-state index in [-0.39, 0.29) is 11.8 Å². The van der Waals surface area contributed by atoms with Crippen molar-refractivity contribution in [2.75, 3.05) is 6.61 Å². The zero-order chi connectivity index (χ0) is 17.7. The van der Waals surface area contributed by atoms with Crippen LogP contribution in [0.1, 0.15) is 57.6 Å². The maximum Gasteiger partial charge on any atom is 0.311 e. The number of ether oxygens (including phenoxy) is 1. The van der Waals surface area contributed by atoms with Crippen molar-refractivity contribution in [3.63, 3.8) is 0 Å². The number of hydrogen-bond donors (Lipinski definition) is 2. The van der Waals surface area contributed by atoms with E-state index in [0.29, 0.717) is 23.5 Å². The molecule has 5 heteroatoms. The van der Waals surface area contributed by atoms with Crippen LogP contribution in [0.25, 0.3) is 0 Å². The van der Waals surface area contributed by atoms with Crippen LogP contribution in [0.15, 0.2) is 18.2 Å². The first kappa shape index (κ1) is 19.0. The molecule has 0 heterocycles. The molecular formula is C18H26O5. The number of hydrogen-bond acceptors (Lipinski definition) is 3. The quantitative estimate of drug-likeness (QED) is 0.762. The monoisotopic (exact) mass is 322 g/mol. The molecule has 0 aliphatic heterocycles. The highest BCUT2D eigenvalue weighted by molar-refractivity contribution is 5.81. The smallest absolute Gasteiger partial charge is 0.311 e. The molecule has 2 unspecified atom stereocenters. The largest absolute Gasteiger partial charge is 0.494 e. The standard InChI is InChI=1S/C18H26O5/c1-6-23-12-7-8-13(15(10(2)3)17(19)20)14(9-12)16(11(4)5)18(21)22/h7-11,15-16H,6H2,1-5H3,(H,19,20)(H,21,22). The van der Waals surface area contributed by atoms with Gasteiger partial charge in [0, 0.05) is 0 Å². The Morgan fingerprint density at radius 3 is 1.83 bits per heavy atom. The SMILES string of the molecule is CCOc1ccc(C(C(=O)O)C(C)C)c(C(C(=O)O)C(C)C)c1. The highest BCUT2D eigenvalue weighted by atomic mass is 16.5. The molecule has 0 saturated heterocycles. The number of rotatable bonds is 8. The van der Waals surface area contributed by atoms with Gasteiger partial charge in [-0.05, 0) is 42.0 Å². The normalized spacial score (nSPS) is 13.9. The van der Waals surface area contributed by atoms with Gasteiger partial charge in [-0.1, -0.05) is 33.8 Å². The van der Waals surface area contributed by atoms with Gasteiger partial charge in [-0.15, -0.1) is 0 Å². The van der Waals surface area contributed by atoms with E-state index in [1.54, 1.807) is 18.2 Å². The van der Waals surface area contributed by atoms with Gasteiger partial charge >= 0.3 is 11.9 Å². The number of carbonyl (C=O) groups is 2. The van der Waals surface area contributed by atoms with Crippen LogP contribution in [-0.4, -0.2) is 28.8 Å². The molecule has 23 heavy (non-hydrogen) atoms. The van der Waals surface area contributed by atoms with Crippen LogP contribution in [0.5, 0.6) is 5.75 Å². The molecule has 0 amide bonds. The van der Waals surface area contributed by atoms with Gasteiger partial charge in [-0.25, -0.2) is 0 Å². The molecule has 0 aliphatic carbocycles. The van der Waals surface area contributed by atoms with Crippen molar-refractivity contribution in [2.24, 2.45) is 11.8 Å². The van der Waals surface area contributed by atoms with Crippen molar-refractivity contribution in [1.29, 1.82) is 0 Å². The molecular weight excluding hydrogens is 296 g/mol. The van der Waals surface area contributed by atoms with E-state index in [4.69, 9.17) is 4.74 Å². The minimum Gasteiger partial charge on any atom is -0.494 e. The third kappa shape index (κ3) is 4.47. The van der Waals surface area contributed by atoms with Crippen molar-refractivity contribution in [3.05, 3.63) is 29.3 Å². The summed E-state index contributed by atoms with van der Waals surface area (Å²) in [4.78, 5) is 23.4. The second-order valence-electron chi connectivity index (χ2n) is 6.34. The second kappa shape index (κ2) is 7.99. The van der Waals surface area contributed by atoms with Crippen LogP contribution in [0.4, 0.5) is 0 Å². The lowest BCUT2D eigenvalue weighted by molar-refractivity contribution is -0.141. The van der Waals surface area contributed by atoms with Gasteiger partial charge in [0.15, 0.2) is 0 Å². The maximum atomic E-state index is 11.7. The van der Waals surface area contributed by atoms with Crippen molar-refractivity contribution in [2.45, 2.75) is 46.5 Å². The van der Waals surface area contributed by atoms with E-state index in [2.05, 4.69) is 0 Å². The Balaban J connectivity index is 3.56. The van der Waals surface area contributed by atoms with Crippen LogP contribution in [0.3, 0.4) is 0 Å². The summed E-state index contributed by atoms with van der Waals surface area (Å²) >= 11 is 0. The number of carboxylic acids is 2. The van der Waals surface area contributed by atoms with E-state index in [1.165, 1.54) is 0 Å². The van der Waals surface area contributed by atoms with E-state index >= 15 is 0 Å². The van der Waals surface area contributed by atoms with Gasteiger partial charge in [-0.3, -0.25) is 9.59 Å². The Morgan fingerprint density at radius 1 is 0.957 bits per heavy atom. The van der Waals surface area contributed by atoms with Crippen LogP contribution in [0.2, 0.25) is 0 Å². The summed E-state index contributed by atoms with van der Waals surface area (Å²) in [5, 5.41) is 19.2. The van der Waals surface area contributed by atoms with Crippen molar-refractivity contribution in [3.8, 4) is 5.75 Å². The highest BCUT2D eigenvalue weighted by Gasteiger charge is 2.32. The van der Waals surface area contributed by atoms with E-state index in [9.17, 15) is 19.8 Å². The Morgan fingerprint density at radius 2 is 1.43 bits per heavy atom. The molecule has 0 fully saturated rings. The summed E-state index contributed by atoms with van der Waals surface area (Å²) in [6.45, 7) is 9.60. The van der Waals surface area contributed by atoms with E-state index in [0.717, 1.165) is 0 Å². The number of benzene rings is 1. The third-order valence-electron chi connectivity index (χ3n) is 3.90. The van der Waals surface area contributed by atoms with Crippen LogP contribution in [-0.2, 0) is 9.59 Å². The molecule has 0 bridgehead atoms. The van der Waals surface area contributed by atoms with Crippen LogP contribution >= 0.6 is 0 Å². The van der Waals surface area contributed by atoms with Crippen molar-refractivity contribution >= 4 is 11.9 Å². The minimum atomic E-state index is -0.956. The molecule has 0 radical (unpaired) electrons. The Labute approximate surface area is 137 Å². The van der Waals surface area contributed by atoms with Gasteiger partial charge < -0.3 is 14.9 Å². The first-order valence-electron chi connectivity index (χ1n) is 7.92. The molecule has 2 atom stereocenters. The Bertz CT molecular complexity index is 563. The van der Waals surface area contributed by atoms with Gasteiger partial charge in [-0.2, -0.15) is 0 Å². The predicted molar refractivity (Wildman–Crippen MR) is 88.0 cm³/mol. The van der Waals surface area contributed by atoms with Gasteiger partial charge in [0.25, 0.3) is 0 Å². The second-order valence-corrected chi connectivity index (χ2v) is 6.34. The van der Waals surface area contributed by atoms with Gasteiger partial charge in [0.2, 0.25) is 0 Å². The first-order valence-corrected chi connectivity index (χ1v) is 7.92. The van der Waals surface area contributed by atoms with Crippen LogP contribution in [0, 0.1) is 11.8 Å². The fourth-order valence-corrected chi connectivity index (χ4v) is 2.92. The maximum absolute atomic E-state index is 11.7. The molecule has 0 aliphatic rings. The summed E-state index contributed by atoms with van der Waals surface area (Å²) in [6.07, 6.45) is 0. The first-order chi connectivity index (χ1) is 10.7. The molecule has 0 spiro atoms. The van der Waals surface area contributed by atoms with E-state index < -0.39 is 23.8 Å². The van der Waals surface area contributed by atoms with Crippen molar-refractivity contribution < 1.29 is 24.5 Å². The molecule has 1 aromatic carbocycles.